The number of pyridine rings is 1. The van der Waals surface area contributed by atoms with Crippen LogP contribution in [0.5, 0.6) is 0 Å². The van der Waals surface area contributed by atoms with Gasteiger partial charge in [0, 0.05) is 18.3 Å². The Bertz CT molecular complexity index is 1400. The molecular formula is C24H23F2IN7P. The van der Waals surface area contributed by atoms with Crippen LogP contribution in [0.25, 0.3) is 22.4 Å². The maximum atomic E-state index is 15.4. The van der Waals surface area contributed by atoms with Crippen LogP contribution in [0.4, 0.5) is 26.0 Å². The third kappa shape index (κ3) is 5.48. The van der Waals surface area contributed by atoms with E-state index in [-0.39, 0.29) is 17.2 Å². The fourth-order valence-corrected chi connectivity index (χ4v) is 4.99. The Hall–Kier alpha value is -2.98. The van der Waals surface area contributed by atoms with E-state index in [4.69, 9.17) is 0 Å². The molecule has 0 bridgehead atoms. The van der Waals surface area contributed by atoms with E-state index in [9.17, 15) is 4.39 Å². The maximum absolute atomic E-state index is 15.4. The predicted octanol–water partition coefficient (Wildman–Crippen LogP) is 7.03. The monoisotopic (exact) mass is 605 g/mol. The zero-order valence-electron chi connectivity index (χ0n) is 19.1. The molecule has 0 amide bonds. The highest BCUT2D eigenvalue weighted by Crippen LogP contribution is 2.35. The van der Waals surface area contributed by atoms with E-state index in [1.54, 1.807) is 24.7 Å². The van der Waals surface area contributed by atoms with Crippen molar-refractivity contribution in [3.8, 4) is 11.3 Å². The molecule has 0 fully saturated rings. The summed E-state index contributed by atoms with van der Waals surface area (Å²) in [4.78, 5) is 17.5. The molecule has 7 nitrogen and oxygen atoms in total. The number of fused-ring (bicyclic) bond motifs is 1. The van der Waals surface area contributed by atoms with E-state index in [0.29, 0.717) is 35.3 Å². The van der Waals surface area contributed by atoms with Crippen LogP contribution >= 0.6 is 28.4 Å². The number of anilines is 3. The van der Waals surface area contributed by atoms with E-state index in [1.807, 2.05) is 30.3 Å². The van der Waals surface area contributed by atoms with Gasteiger partial charge < -0.3 is 10.6 Å². The van der Waals surface area contributed by atoms with Crippen LogP contribution in [0.3, 0.4) is 0 Å². The summed E-state index contributed by atoms with van der Waals surface area (Å²) in [5.41, 5.74) is 3.24. The molecule has 0 saturated heterocycles. The summed E-state index contributed by atoms with van der Waals surface area (Å²) in [5, 5.41) is 5.91. The van der Waals surface area contributed by atoms with Crippen LogP contribution in [-0.2, 0) is 0 Å². The van der Waals surface area contributed by atoms with Gasteiger partial charge in [0.05, 0.1) is 12.1 Å². The first-order valence-corrected chi connectivity index (χ1v) is 14.9. The Morgan fingerprint density at radius 3 is 2.80 bits per heavy atom. The van der Waals surface area contributed by atoms with Crippen molar-refractivity contribution < 1.29 is 8.78 Å². The van der Waals surface area contributed by atoms with Gasteiger partial charge in [-0.15, -0.1) is 0 Å². The van der Waals surface area contributed by atoms with Crippen LogP contribution in [0.1, 0.15) is 20.3 Å². The van der Waals surface area contributed by atoms with Gasteiger partial charge >= 0.3 is 0 Å². The van der Waals surface area contributed by atoms with Crippen molar-refractivity contribution in [3.63, 3.8) is 0 Å². The summed E-state index contributed by atoms with van der Waals surface area (Å²) >= 11 is 2.25. The second-order valence-electron chi connectivity index (χ2n) is 7.44. The Morgan fingerprint density at radius 1 is 1.17 bits per heavy atom. The number of benzene rings is 1. The van der Waals surface area contributed by atoms with Gasteiger partial charge in [0.25, 0.3) is 0 Å². The SMILES string of the molecule is C/C=C\C(=C/CC)CNc1ccc(F)c(Nc2ncccc2-c2ncnc3c2ncn3PI)c1F. The molecule has 0 radical (unpaired) electrons. The molecule has 0 aliphatic heterocycles. The first kappa shape index (κ1) is 25.1. The smallest absolute Gasteiger partial charge is 0.172 e. The van der Waals surface area contributed by atoms with Gasteiger partial charge in [0.1, 0.15) is 41.2 Å². The van der Waals surface area contributed by atoms with Gasteiger partial charge in [-0.25, -0.2) is 28.7 Å². The standard InChI is InChI=1S/C24H23F2IN7P/c1-3-6-15(7-4-2)12-29-18-10-9-17(25)21(19(18)26)33-23-16(8-5-11-28-23)20-22-24(31-13-30-20)34(35-27)14-32-22/h3,5-11,13-14,29,35H,4,12H2,1-2H3,(H,28,33)/b6-3-,15-7+. The number of aromatic nitrogens is 5. The lowest BCUT2D eigenvalue weighted by Crippen LogP contribution is -2.08. The number of nitrogens with zero attached hydrogens (tertiary/aromatic N) is 5. The molecule has 180 valence electrons. The van der Waals surface area contributed by atoms with Gasteiger partial charge in [0.2, 0.25) is 0 Å². The first-order valence-electron chi connectivity index (χ1n) is 10.9. The molecule has 0 aliphatic rings. The molecule has 4 rings (SSSR count). The minimum atomic E-state index is -0.735. The minimum absolute atomic E-state index is 0.184. The number of rotatable bonds is 9. The van der Waals surface area contributed by atoms with Crippen molar-refractivity contribution >= 4 is 56.8 Å². The van der Waals surface area contributed by atoms with Crippen LogP contribution in [0.15, 0.2) is 66.9 Å². The lowest BCUT2D eigenvalue weighted by atomic mass is 10.1. The maximum Gasteiger partial charge on any atom is 0.172 e. The van der Waals surface area contributed by atoms with Crippen molar-refractivity contribution in [2.24, 2.45) is 0 Å². The quantitative estimate of drug-likeness (QED) is 0.121. The Kier molecular flexibility index (Phi) is 8.35. The van der Waals surface area contributed by atoms with Crippen LogP contribution in [0.2, 0.25) is 0 Å². The molecule has 11 heteroatoms. The van der Waals surface area contributed by atoms with Gasteiger partial charge in [-0.3, -0.25) is 4.34 Å². The number of hydrogen-bond donors (Lipinski definition) is 2. The van der Waals surface area contributed by atoms with E-state index < -0.39 is 11.6 Å². The molecule has 1 unspecified atom stereocenters. The van der Waals surface area contributed by atoms with E-state index in [2.05, 4.69) is 58.7 Å². The topological polar surface area (TPSA) is 80.6 Å². The van der Waals surface area contributed by atoms with E-state index >= 15 is 4.39 Å². The highest BCUT2D eigenvalue weighted by atomic mass is 127. The molecule has 1 atom stereocenters. The molecule has 1 aromatic carbocycles. The molecule has 35 heavy (non-hydrogen) atoms. The second-order valence-corrected chi connectivity index (χ2v) is 9.54. The number of nitrogens with one attached hydrogen (secondary N) is 2. The van der Waals surface area contributed by atoms with Gasteiger partial charge in [-0.1, -0.05) is 25.2 Å². The van der Waals surface area contributed by atoms with Crippen LogP contribution in [-0.4, -0.2) is 30.8 Å². The van der Waals surface area contributed by atoms with E-state index in [0.717, 1.165) is 12.0 Å². The molecular weight excluding hydrogens is 582 g/mol. The lowest BCUT2D eigenvalue weighted by molar-refractivity contribution is 0.592. The Balaban J connectivity index is 1.69. The molecule has 0 saturated carbocycles. The Morgan fingerprint density at radius 2 is 2.03 bits per heavy atom. The fourth-order valence-electron chi connectivity index (χ4n) is 3.58. The summed E-state index contributed by atoms with van der Waals surface area (Å²) in [6.07, 6.45) is 11.9. The second kappa shape index (κ2) is 11.6. The van der Waals surface area contributed by atoms with Crippen molar-refractivity contribution in [2.75, 3.05) is 17.2 Å². The van der Waals surface area contributed by atoms with Gasteiger partial charge in [0.15, 0.2) is 11.5 Å². The molecule has 0 spiro atoms. The summed E-state index contributed by atoms with van der Waals surface area (Å²) in [6, 6.07) is 6.12. The number of allylic oxidation sites excluding steroid dienone is 2. The van der Waals surface area contributed by atoms with E-state index in [1.165, 1.54) is 18.5 Å². The number of halogens is 3. The lowest BCUT2D eigenvalue weighted by Gasteiger charge is -2.15. The third-order valence-corrected chi connectivity index (χ3v) is 7.22. The highest BCUT2D eigenvalue weighted by Gasteiger charge is 2.19. The third-order valence-electron chi connectivity index (χ3n) is 5.15. The minimum Gasteiger partial charge on any atom is -0.379 e. The molecule has 3 heterocycles. The molecule has 2 N–H and O–H groups in total. The van der Waals surface area contributed by atoms with Crippen LogP contribution < -0.4 is 10.6 Å². The average Bonchev–Trinajstić information content (AvgIpc) is 3.30. The Labute approximate surface area is 216 Å². The fraction of sp³-hybridized carbons (Fsp3) is 0.167. The molecule has 4 aromatic rings. The average molecular weight is 605 g/mol. The summed E-state index contributed by atoms with van der Waals surface area (Å²) in [7, 11) is 0. The highest BCUT2D eigenvalue weighted by molar-refractivity contribution is 14.2. The van der Waals surface area contributed by atoms with Gasteiger partial charge in [-0.2, -0.15) is 0 Å². The predicted molar refractivity (Wildman–Crippen MR) is 148 cm³/mol. The summed E-state index contributed by atoms with van der Waals surface area (Å²) in [6.45, 7) is 4.37. The largest absolute Gasteiger partial charge is 0.379 e. The zero-order chi connectivity index (χ0) is 24.8. The number of hydrogen-bond acceptors (Lipinski definition) is 6. The molecule has 0 aliphatic carbocycles. The van der Waals surface area contributed by atoms with Gasteiger partial charge in [-0.05, 0) is 65.2 Å². The normalized spacial score (nSPS) is 12.3. The first-order chi connectivity index (χ1) is 17.1. The summed E-state index contributed by atoms with van der Waals surface area (Å²) < 4.78 is 32.1. The van der Waals surface area contributed by atoms with Crippen molar-refractivity contribution in [1.82, 2.24) is 24.3 Å². The zero-order valence-corrected chi connectivity index (χ0v) is 22.2. The molecule has 3 aromatic heterocycles. The van der Waals surface area contributed by atoms with Crippen LogP contribution in [0, 0.1) is 11.6 Å². The van der Waals surface area contributed by atoms with Crippen molar-refractivity contribution in [1.29, 1.82) is 0 Å². The van der Waals surface area contributed by atoms with Crippen molar-refractivity contribution in [2.45, 2.75) is 20.3 Å². The van der Waals surface area contributed by atoms with Crippen molar-refractivity contribution in [3.05, 3.63) is 78.6 Å². The summed E-state index contributed by atoms with van der Waals surface area (Å²) in [5.74, 6) is -1.21. The number of imidazole rings is 1.